The van der Waals surface area contributed by atoms with E-state index in [9.17, 15) is 0 Å². The maximum Gasteiger partial charge on any atom is 0.0928 e. The van der Waals surface area contributed by atoms with E-state index < -0.39 is 0 Å². The highest BCUT2D eigenvalue weighted by atomic mass is 16.5. The summed E-state index contributed by atoms with van der Waals surface area (Å²) in [6, 6.07) is 0. The molecule has 1 unspecified atom stereocenters. The molecule has 0 aromatic rings. The largest absolute Gasteiger partial charge is 0.382 e. The number of methoxy groups -OCH3 is 2. The Bertz CT molecular complexity index is 153. The van der Waals surface area contributed by atoms with Gasteiger partial charge in [-0.05, 0) is 13.0 Å². The number of hydrogen-bond acceptors (Lipinski definition) is 3. The third-order valence-electron chi connectivity index (χ3n) is 3.27. The van der Waals surface area contributed by atoms with E-state index in [1.54, 1.807) is 14.2 Å². The van der Waals surface area contributed by atoms with Gasteiger partial charge < -0.3 is 14.8 Å². The predicted octanol–water partition coefficient (Wildman–Crippen LogP) is 3.38. The minimum absolute atomic E-state index is 0.184. The van der Waals surface area contributed by atoms with Crippen LogP contribution >= 0.6 is 0 Å². The fourth-order valence-corrected chi connectivity index (χ4v) is 2.04. The lowest BCUT2D eigenvalue weighted by molar-refractivity contribution is 0.0290. The maximum atomic E-state index is 5.29. The van der Waals surface area contributed by atoms with Gasteiger partial charge in [-0.15, -0.1) is 0 Å². The van der Waals surface area contributed by atoms with Gasteiger partial charge in [-0.2, -0.15) is 0 Å². The lowest BCUT2D eigenvalue weighted by atomic mass is 10.1. The molecule has 1 atom stereocenters. The fraction of sp³-hybridized carbons (Fsp3) is 1.00. The summed E-state index contributed by atoms with van der Waals surface area (Å²) in [5, 5.41) is 3.43. The summed E-state index contributed by atoms with van der Waals surface area (Å²) in [4.78, 5) is 0. The van der Waals surface area contributed by atoms with Crippen molar-refractivity contribution < 1.29 is 9.47 Å². The van der Waals surface area contributed by atoms with Crippen molar-refractivity contribution >= 4 is 0 Å². The number of ether oxygens (including phenoxy) is 2. The monoisotopic (exact) mass is 259 g/mol. The highest BCUT2D eigenvalue weighted by Gasteiger charge is 2.04. The standard InChI is InChI=1S/C15H33NO2/c1-4-5-6-7-8-9-10-11-12-16-13-15(18-3)14-17-2/h15-16H,4-14H2,1-3H3. The molecule has 1 N–H and O–H groups in total. The van der Waals surface area contributed by atoms with Crippen molar-refractivity contribution in [2.45, 2.75) is 64.4 Å². The highest BCUT2D eigenvalue weighted by Crippen LogP contribution is 2.07. The molecule has 0 spiro atoms. The lowest BCUT2D eigenvalue weighted by Gasteiger charge is -2.14. The van der Waals surface area contributed by atoms with Gasteiger partial charge in [0.2, 0.25) is 0 Å². The quantitative estimate of drug-likeness (QED) is 0.485. The first-order valence-corrected chi connectivity index (χ1v) is 7.57. The number of nitrogens with one attached hydrogen (secondary N) is 1. The summed E-state index contributed by atoms with van der Waals surface area (Å²) in [5.41, 5.74) is 0. The molecule has 0 radical (unpaired) electrons. The van der Waals surface area contributed by atoms with Crippen LogP contribution < -0.4 is 5.32 Å². The summed E-state index contributed by atoms with van der Waals surface area (Å²) >= 11 is 0. The van der Waals surface area contributed by atoms with E-state index in [4.69, 9.17) is 9.47 Å². The van der Waals surface area contributed by atoms with E-state index in [1.807, 2.05) is 0 Å². The van der Waals surface area contributed by atoms with E-state index in [0.29, 0.717) is 6.61 Å². The van der Waals surface area contributed by atoms with Crippen molar-refractivity contribution in [1.82, 2.24) is 5.32 Å². The van der Waals surface area contributed by atoms with Crippen LogP contribution in [0.5, 0.6) is 0 Å². The van der Waals surface area contributed by atoms with E-state index in [1.165, 1.54) is 51.4 Å². The van der Waals surface area contributed by atoms with E-state index in [0.717, 1.165) is 13.1 Å². The van der Waals surface area contributed by atoms with Crippen molar-refractivity contribution in [3.05, 3.63) is 0 Å². The molecular weight excluding hydrogens is 226 g/mol. The van der Waals surface area contributed by atoms with Crippen molar-refractivity contribution in [3.63, 3.8) is 0 Å². The first kappa shape index (κ1) is 17.9. The molecule has 0 aliphatic carbocycles. The summed E-state index contributed by atoms with van der Waals surface area (Å²) in [5.74, 6) is 0. The topological polar surface area (TPSA) is 30.5 Å². The summed E-state index contributed by atoms with van der Waals surface area (Å²) in [6.07, 6.45) is 11.2. The molecule has 0 aliphatic heterocycles. The molecule has 0 saturated carbocycles. The van der Waals surface area contributed by atoms with Crippen LogP contribution in [-0.2, 0) is 9.47 Å². The van der Waals surface area contributed by atoms with Gasteiger partial charge in [0.15, 0.2) is 0 Å². The Balaban J connectivity index is 3.10. The molecule has 0 aromatic heterocycles. The average Bonchev–Trinajstić information content (AvgIpc) is 2.39. The predicted molar refractivity (Wildman–Crippen MR) is 78.2 cm³/mol. The molecule has 3 nitrogen and oxygen atoms in total. The van der Waals surface area contributed by atoms with Crippen LogP contribution in [0.3, 0.4) is 0 Å². The number of hydrogen-bond donors (Lipinski definition) is 1. The van der Waals surface area contributed by atoms with Gasteiger partial charge in [0.05, 0.1) is 12.7 Å². The van der Waals surface area contributed by atoms with Gasteiger partial charge in [-0.3, -0.25) is 0 Å². The summed E-state index contributed by atoms with van der Waals surface area (Å²) in [6.45, 7) is 4.92. The third kappa shape index (κ3) is 12.3. The van der Waals surface area contributed by atoms with E-state index in [2.05, 4.69) is 12.2 Å². The molecule has 110 valence electrons. The molecule has 0 heterocycles. The number of unbranched alkanes of at least 4 members (excludes halogenated alkanes) is 7. The highest BCUT2D eigenvalue weighted by molar-refractivity contribution is 4.60. The zero-order chi connectivity index (χ0) is 13.5. The van der Waals surface area contributed by atoms with Crippen LogP contribution in [0, 0.1) is 0 Å². The molecule has 0 saturated heterocycles. The van der Waals surface area contributed by atoms with Gasteiger partial charge in [-0.1, -0.05) is 51.9 Å². The Kier molecular flexibility index (Phi) is 14.8. The molecule has 0 rings (SSSR count). The van der Waals surface area contributed by atoms with Gasteiger partial charge >= 0.3 is 0 Å². The van der Waals surface area contributed by atoms with Gasteiger partial charge in [0.1, 0.15) is 0 Å². The van der Waals surface area contributed by atoms with Crippen molar-refractivity contribution in [2.24, 2.45) is 0 Å². The maximum absolute atomic E-state index is 5.29. The Morgan fingerprint density at radius 3 is 2.06 bits per heavy atom. The van der Waals surface area contributed by atoms with E-state index >= 15 is 0 Å². The first-order valence-electron chi connectivity index (χ1n) is 7.57. The summed E-state index contributed by atoms with van der Waals surface area (Å²) < 4.78 is 10.4. The van der Waals surface area contributed by atoms with E-state index in [-0.39, 0.29) is 6.10 Å². The molecule has 0 amide bonds. The second-order valence-electron chi connectivity index (χ2n) is 4.99. The van der Waals surface area contributed by atoms with Crippen molar-refractivity contribution in [2.75, 3.05) is 33.9 Å². The molecule has 0 aliphatic rings. The van der Waals surface area contributed by atoms with Gasteiger partial charge in [-0.25, -0.2) is 0 Å². The van der Waals surface area contributed by atoms with Crippen LogP contribution in [0.25, 0.3) is 0 Å². The summed E-state index contributed by atoms with van der Waals surface area (Å²) in [7, 11) is 3.45. The van der Waals surface area contributed by atoms with Crippen LogP contribution in [0.15, 0.2) is 0 Å². The van der Waals surface area contributed by atoms with Crippen molar-refractivity contribution in [1.29, 1.82) is 0 Å². The Morgan fingerprint density at radius 1 is 0.889 bits per heavy atom. The zero-order valence-electron chi connectivity index (χ0n) is 12.7. The van der Waals surface area contributed by atoms with Crippen LogP contribution in [0.4, 0.5) is 0 Å². The van der Waals surface area contributed by atoms with Crippen molar-refractivity contribution in [3.8, 4) is 0 Å². The normalized spacial score (nSPS) is 12.8. The average molecular weight is 259 g/mol. The van der Waals surface area contributed by atoms with Gasteiger partial charge in [0, 0.05) is 20.8 Å². The van der Waals surface area contributed by atoms with Crippen LogP contribution in [-0.4, -0.2) is 40.0 Å². The SMILES string of the molecule is CCCCCCCCCCNCC(COC)OC. The Labute approximate surface area is 114 Å². The zero-order valence-corrected chi connectivity index (χ0v) is 12.7. The Morgan fingerprint density at radius 2 is 1.50 bits per heavy atom. The molecule has 0 aromatic carbocycles. The minimum atomic E-state index is 0.184. The fourth-order valence-electron chi connectivity index (χ4n) is 2.04. The molecule has 0 fully saturated rings. The number of rotatable bonds is 14. The molecule has 18 heavy (non-hydrogen) atoms. The Hall–Kier alpha value is -0.120. The molecule has 3 heteroatoms. The second-order valence-corrected chi connectivity index (χ2v) is 4.99. The van der Waals surface area contributed by atoms with Crippen LogP contribution in [0.2, 0.25) is 0 Å². The molecule has 0 bridgehead atoms. The third-order valence-corrected chi connectivity index (χ3v) is 3.27. The smallest absolute Gasteiger partial charge is 0.0928 e. The van der Waals surface area contributed by atoms with Gasteiger partial charge in [0.25, 0.3) is 0 Å². The lowest BCUT2D eigenvalue weighted by Crippen LogP contribution is -2.32. The minimum Gasteiger partial charge on any atom is -0.382 e. The second kappa shape index (κ2) is 14.9. The molecular formula is C15H33NO2. The first-order chi connectivity index (χ1) is 8.85. The van der Waals surface area contributed by atoms with Crippen LogP contribution in [0.1, 0.15) is 58.3 Å².